The smallest absolute Gasteiger partial charge is 0.200 e. The number of rotatable bonds is 3. The van der Waals surface area contributed by atoms with Gasteiger partial charge in [0.15, 0.2) is 0 Å². The van der Waals surface area contributed by atoms with Crippen LogP contribution in [0.15, 0.2) is 65.7 Å². The molecule has 0 saturated heterocycles. The molecule has 0 aromatic heterocycles. The zero-order valence-corrected chi connectivity index (χ0v) is 13.8. The van der Waals surface area contributed by atoms with Crippen LogP contribution in [0.4, 0.5) is 15.8 Å². The molecule has 0 aliphatic rings. The van der Waals surface area contributed by atoms with E-state index in [4.69, 9.17) is 5.73 Å². The van der Waals surface area contributed by atoms with Gasteiger partial charge in [0, 0.05) is 12.4 Å². The molecule has 0 unspecified atom stereocenters. The van der Waals surface area contributed by atoms with Crippen molar-refractivity contribution < 1.29 is 4.39 Å². The number of nitrogens with zero attached hydrogens (tertiary/aromatic N) is 2. The third-order valence-corrected chi connectivity index (χ3v) is 4.09. The molecule has 3 rings (SSSR count). The maximum absolute atomic E-state index is 14.4. The van der Waals surface area contributed by atoms with Crippen molar-refractivity contribution >= 4 is 28.1 Å². The lowest BCUT2D eigenvalue weighted by Gasteiger charge is -2.21. The molecule has 0 heterocycles. The Kier molecular flexibility index (Phi) is 4.47. The number of hydrogen-bond acceptors (Lipinski definition) is 1. The van der Waals surface area contributed by atoms with Gasteiger partial charge in [0.25, 0.3) is 0 Å². The lowest BCUT2D eigenvalue weighted by molar-refractivity contribution is 0.630. The van der Waals surface area contributed by atoms with Gasteiger partial charge in [0.2, 0.25) is 5.96 Å². The van der Waals surface area contributed by atoms with Crippen LogP contribution >= 0.6 is 0 Å². The van der Waals surface area contributed by atoms with E-state index < -0.39 is 0 Å². The van der Waals surface area contributed by atoms with E-state index in [1.807, 2.05) is 48.5 Å². The van der Waals surface area contributed by atoms with Crippen LogP contribution in [0.5, 0.6) is 0 Å². The Morgan fingerprint density at radius 3 is 2.67 bits per heavy atom. The van der Waals surface area contributed by atoms with Crippen LogP contribution in [0.3, 0.4) is 0 Å². The summed E-state index contributed by atoms with van der Waals surface area (Å²) in [4.78, 5) is 6.04. The molecule has 3 aromatic rings. The average molecular weight is 321 g/mol. The lowest BCUT2D eigenvalue weighted by atomic mass is 10.1. The van der Waals surface area contributed by atoms with Gasteiger partial charge < -0.3 is 10.6 Å². The molecule has 4 heteroatoms. The fraction of sp³-hybridized carbons (Fsp3) is 0.150. The SMILES string of the molecule is CCc1cccc(N=C(N)N(C)c2c(F)ccc3ccccc23)c1. The number of benzene rings is 3. The first kappa shape index (κ1) is 16.0. The van der Waals surface area contributed by atoms with Gasteiger partial charge in [-0.25, -0.2) is 9.38 Å². The summed E-state index contributed by atoms with van der Waals surface area (Å²) in [5, 5.41) is 1.77. The van der Waals surface area contributed by atoms with E-state index in [2.05, 4.69) is 11.9 Å². The van der Waals surface area contributed by atoms with Gasteiger partial charge >= 0.3 is 0 Å². The summed E-state index contributed by atoms with van der Waals surface area (Å²) in [5.41, 5.74) is 8.52. The topological polar surface area (TPSA) is 41.6 Å². The Morgan fingerprint density at radius 1 is 1.08 bits per heavy atom. The first-order chi connectivity index (χ1) is 11.6. The number of halogens is 1. The molecule has 3 aromatic carbocycles. The molecular formula is C20H20FN3. The number of fused-ring (bicyclic) bond motifs is 1. The van der Waals surface area contributed by atoms with Crippen LogP contribution in [0.2, 0.25) is 0 Å². The van der Waals surface area contributed by atoms with Crippen molar-refractivity contribution in [2.45, 2.75) is 13.3 Å². The number of aliphatic imine (C=N–C) groups is 1. The summed E-state index contributed by atoms with van der Waals surface area (Å²) in [6, 6.07) is 18.7. The molecule has 2 N–H and O–H groups in total. The van der Waals surface area contributed by atoms with Crippen LogP contribution in [0, 0.1) is 5.82 Å². The van der Waals surface area contributed by atoms with Crippen molar-refractivity contribution in [3.05, 3.63) is 72.0 Å². The molecule has 0 spiro atoms. The molecular weight excluding hydrogens is 301 g/mol. The summed E-state index contributed by atoms with van der Waals surface area (Å²) >= 11 is 0. The van der Waals surface area contributed by atoms with Crippen LogP contribution in [0.1, 0.15) is 12.5 Å². The molecule has 3 nitrogen and oxygen atoms in total. The zero-order valence-electron chi connectivity index (χ0n) is 13.8. The third-order valence-electron chi connectivity index (χ3n) is 4.09. The normalized spacial score (nSPS) is 11.7. The van der Waals surface area contributed by atoms with Crippen molar-refractivity contribution in [1.29, 1.82) is 0 Å². The minimum Gasteiger partial charge on any atom is -0.369 e. The Morgan fingerprint density at radius 2 is 1.88 bits per heavy atom. The first-order valence-electron chi connectivity index (χ1n) is 7.94. The van der Waals surface area contributed by atoms with Gasteiger partial charge in [-0.2, -0.15) is 0 Å². The Bertz CT molecular complexity index is 902. The lowest BCUT2D eigenvalue weighted by Crippen LogP contribution is -2.34. The standard InChI is InChI=1S/C20H20FN3/c1-3-14-7-6-9-16(13-14)23-20(22)24(2)19-17-10-5-4-8-15(17)11-12-18(19)21/h4-13H,3H2,1-2H3,(H2,22,23). The Hall–Kier alpha value is -2.88. The summed E-state index contributed by atoms with van der Waals surface area (Å²) in [6.45, 7) is 2.09. The molecule has 0 radical (unpaired) electrons. The molecule has 0 bridgehead atoms. The quantitative estimate of drug-likeness (QED) is 0.565. The number of anilines is 1. The molecule has 0 saturated carbocycles. The van der Waals surface area contributed by atoms with Gasteiger partial charge in [-0.15, -0.1) is 0 Å². The second kappa shape index (κ2) is 6.71. The number of guanidine groups is 1. The summed E-state index contributed by atoms with van der Waals surface area (Å²) < 4.78 is 14.4. The van der Waals surface area contributed by atoms with E-state index in [0.29, 0.717) is 5.69 Å². The summed E-state index contributed by atoms with van der Waals surface area (Å²) in [5.74, 6) is -0.0739. The number of nitrogens with two attached hydrogens (primary N) is 1. The fourth-order valence-electron chi connectivity index (χ4n) is 2.74. The highest BCUT2D eigenvalue weighted by molar-refractivity contribution is 6.04. The summed E-state index contributed by atoms with van der Waals surface area (Å²) in [7, 11) is 1.73. The highest BCUT2D eigenvalue weighted by atomic mass is 19.1. The zero-order chi connectivity index (χ0) is 17.1. The highest BCUT2D eigenvalue weighted by Gasteiger charge is 2.14. The predicted molar refractivity (Wildman–Crippen MR) is 99.4 cm³/mol. The van der Waals surface area contributed by atoms with E-state index in [-0.39, 0.29) is 11.8 Å². The summed E-state index contributed by atoms with van der Waals surface area (Å²) in [6.07, 6.45) is 0.928. The Labute approximate surface area is 141 Å². The molecule has 0 amide bonds. The van der Waals surface area contributed by atoms with Gasteiger partial charge in [0.1, 0.15) is 5.82 Å². The Balaban J connectivity index is 2.03. The number of aryl methyl sites for hydroxylation is 1. The predicted octanol–water partition coefficient (Wildman–Crippen LogP) is 4.62. The van der Waals surface area contributed by atoms with Crippen molar-refractivity contribution in [2.75, 3.05) is 11.9 Å². The van der Waals surface area contributed by atoms with Crippen molar-refractivity contribution in [1.82, 2.24) is 0 Å². The fourth-order valence-corrected chi connectivity index (χ4v) is 2.74. The maximum atomic E-state index is 14.4. The maximum Gasteiger partial charge on any atom is 0.200 e. The van der Waals surface area contributed by atoms with E-state index in [1.165, 1.54) is 11.6 Å². The van der Waals surface area contributed by atoms with Crippen LogP contribution < -0.4 is 10.6 Å². The minimum atomic E-state index is -0.323. The van der Waals surface area contributed by atoms with Crippen LogP contribution in [-0.2, 0) is 6.42 Å². The van der Waals surface area contributed by atoms with Gasteiger partial charge in [-0.1, -0.05) is 49.4 Å². The minimum absolute atomic E-state index is 0.249. The molecule has 0 aliphatic carbocycles. The highest BCUT2D eigenvalue weighted by Crippen LogP contribution is 2.29. The first-order valence-corrected chi connectivity index (χ1v) is 7.94. The van der Waals surface area contributed by atoms with Gasteiger partial charge in [-0.05, 0) is 35.6 Å². The van der Waals surface area contributed by atoms with Crippen molar-refractivity contribution in [2.24, 2.45) is 10.7 Å². The molecule has 0 aliphatic heterocycles. The second-order valence-corrected chi connectivity index (χ2v) is 5.67. The van der Waals surface area contributed by atoms with Gasteiger partial charge in [0.05, 0.1) is 11.4 Å². The number of hydrogen-bond donors (Lipinski definition) is 1. The van der Waals surface area contributed by atoms with Crippen LogP contribution in [-0.4, -0.2) is 13.0 Å². The van der Waals surface area contributed by atoms with Crippen molar-refractivity contribution in [3.63, 3.8) is 0 Å². The molecule has 0 atom stereocenters. The van der Waals surface area contributed by atoms with Gasteiger partial charge in [-0.3, -0.25) is 0 Å². The molecule has 122 valence electrons. The average Bonchev–Trinajstić information content (AvgIpc) is 2.61. The molecule has 0 fully saturated rings. The van der Waals surface area contributed by atoms with Crippen molar-refractivity contribution in [3.8, 4) is 0 Å². The second-order valence-electron chi connectivity index (χ2n) is 5.67. The monoisotopic (exact) mass is 321 g/mol. The molecule has 24 heavy (non-hydrogen) atoms. The van der Waals surface area contributed by atoms with E-state index in [0.717, 1.165) is 22.9 Å². The van der Waals surface area contributed by atoms with Crippen LogP contribution in [0.25, 0.3) is 10.8 Å². The third kappa shape index (κ3) is 3.08. The van der Waals surface area contributed by atoms with E-state index >= 15 is 0 Å². The van der Waals surface area contributed by atoms with E-state index in [1.54, 1.807) is 18.0 Å². The largest absolute Gasteiger partial charge is 0.369 e. The van der Waals surface area contributed by atoms with E-state index in [9.17, 15) is 4.39 Å².